The fourth-order valence-electron chi connectivity index (χ4n) is 3.21. The van der Waals surface area contributed by atoms with Gasteiger partial charge in [0.15, 0.2) is 0 Å². The Labute approximate surface area is 152 Å². The van der Waals surface area contributed by atoms with Crippen molar-refractivity contribution in [2.75, 3.05) is 13.2 Å². The predicted octanol–water partition coefficient (Wildman–Crippen LogP) is 3.78. The Hall–Kier alpha value is -2.82. The molecule has 0 saturated heterocycles. The minimum absolute atomic E-state index is 0.112. The highest BCUT2D eigenvalue weighted by Crippen LogP contribution is 2.16. The van der Waals surface area contributed by atoms with Crippen molar-refractivity contribution in [2.45, 2.75) is 13.1 Å². The first-order valence-electron chi connectivity index (χ1n) is 8.84. The molecule has 2 heterocycles. The van der Waals surface area contributed by atoms with Crippen LogP contribution in [-0.4, -0.2) is 33.1 Å². The predicted molar refractivity (Wildman–Crippen MR) is 105 cm³/mol. The third-order valence-electron chi connectivity index (χ3n) is 4.50. The lowest BCUT2D eigenvalue weighted by atomic mass is 10.2. The molecule has 0 unspecified atom stereocenters. The number of rotatable bonds is 6. The fraction of sp³-hybridized carbons (Fsp3) is 0.182. The Balaban J connectivity index is 1.55. The molecule has 0 bridgehead atoms. The van der Waals surface area contributed by atoms with Crippen molar-refractivity contribution in [1.82, 2.24) is 14.9 Å². The molecule has 2 aromatic carbocycles. The smallest absolute Gasteiger partial charge is 0.0705 e. The molecule has 2 aromatic heterocycles. The monoisotopic (exact) mass is 343 g/mol. The number of para-hydroxylation sites is 2. The minimum Gasteiger partial charge on any atom is -0.395 e. The summed E-state index contributed by atoms with van der Waals surface area (Å²) in [4.78, 5) is 11.7. The molecule has 26 heavy (non-hydrogen) atoms. The lowest BCUT2D eigenvalue weighted by Crippen LogP contribution is -2.27. The van der Waals surface area contributed by atoms with E-state index in [1.165, 1.54) is 0 Å². The van der Waals surface area contributed by atoms with Crippen LogP contribution in [0.5, 0.6) is 0 Å². The summed E-state index contributed by atoms with van der Waals surface area (Å²) in [5.41, 5.74) is 3.99. The van der Waals surface area contributed by atoms with Crippen LogP contribution in [0.25, 0.3) is 21.8 Å². The number of nitrogens with zero attached hydrogens (tertiary/aromatic N) is 3. The fourth-order valence-corrected chi connectivity index (χ4v) is 3.21. The second-order valence-corrected chi connectivity index (χ2v) is 6.42. The third kappa shape index (κ3) is 3.72. The first-order chi connectivity index (χ1) is 12.8. The molecule has 0 amide bonds. The van der Waals surface area contributed by atoms with Crippen molar-refractivity contribution in [2.24, 2.45) is 0 Å². The van der Waals surface area contributed by atoms with Gasteiger partial charge in [-0.05, 0) is 24.3 Å². The second kappa shape index (κ2) is 7.60. The van der Waals surface area contributed by atoms with Gasteiger partial charge in [-0.15, -0.1) is 0 Å². The summed E-state index contributed by atoms with van der Waals surface area (Å²) in [6.45, 7) is 2.06. The number of benzene rings is 2. The van der Waals surface area contributed by atoms with Crippen molar-refractivity contribution < 1.29 is 5.11 Å². The van der Waals surface area contributed by atoms with Crippen LogP contribution in [0.2, 0.25) is 0 Å². The maximum Gasteiger partial charge on any atom is 0.0705 e. The van der Waals surface area contributed by atoms with E-state index in [1.807, 2.05) is 36.4 Å². The summed E-state index contributed by atoms with van der Waals surface area (Å²) in [6.07, 6.45) is 0. The van der Waals surface area contributed by atoms with E-state index in [2.05, 4.69) is 41.3 Å². The van der Waals surface area contributed by atoms with Crippen molar-refractivity contribution in [1.29, 1.82) is 0 Å². The highest BCUT2D eigenvalue weighted by Gasteiger charge is 2.10. The molecule has 0 saturated carbocycles. The van der Waals surface area contributed by atoms with E-state index in [0.717, 1.165) is 33.2 Å². The third-order valence-corrected chi connectivity index (χ3v) is 4.50. The Bertz CT molecular complexity index is 950. The van der Waals surface area contributed by atoms with Gasteiger partial charge in [-0.3, -0.25) is 14.9 Å². The molecular formula is C22H21N3O. The summed E-state index contributed by atoms with van der Waals surface area (Å²) in [5, 5.41) is 11.7. The summed E-state index contributed by atoms with van der Waals surface area (Å²) in [7, 11) is 0. The van der Waals surface area contributed by atoms with Crippen LogP contribution in [0.4, 0.5) is 0 Å². The summed E-state index contributed by atoms with van der Waals surface area (Å²) in [6, 6.07) is 24.5. The SMILES string of the molecule is OCCN(Cc1ccc2ccccc2n1)Cc1ccc2ccccc2n1. The number of aliphatic hydroxyl groups excluding tert-OH is 1. The van der Waals surface area contributed by atoms with Gasteiger partial charge in [0.05, 0.1) is 29.0 Å². The second-order valence-electron chi connectivity index (χ2n) is 6.42. The van der Waals surface area contributed by atoms with Crippen molar-refractivity contribution in [3.8, 4) is 0 Å². The van der Waals surface area contributed by atoms with Crippen molar-refractivity contribution in [3.05, 3.63) is 84.2 Å². The van der Waals surface area contributed by atoms with Gasteiger partial charge in [-0.2, -0.15) is 0 Å². The van der Waals surface area contributed by atoms with Crippen LogP contribution in [0.1, 0.15) is 11.4 Å². The van der Waals surface area contributed by atoms with Gasteiger partial charge in [0, 0.05) is 30.4 Å². The molecule has 0 radical (unpaired) electrons. The number of pyridine rings is 2. The maximum atomic E-state index is 9.45. The Morgan fingerprint density at radius 2 is 1.15 bits per heavy atom. The zero-order chi connectivity index (χ0) is 17.8. The molecule has 4 rings (SSSR count). The van der Waals surface area contributed by atoms with Crippen LogP contribution in [0, 0.1) is 0 Å². The highest BCUT2D eigenvalue weighted by atomic mass is 16.3. The lowest BCUT2D eigenvalue weighted by molar-refractivity contribution is 0.181. The van der Waals surface area contributed by atoms with Crippen LogP contribution in [0.15, 0.2) is 72.8 Å². The van der Waals surface area contributed by atoms with E-state index >= 15 is 0 Å². The molecule has 0 aliphatic carbocycles. The minimum atomic E-state index is 0.112. The zero-order valence-electron chi connectivity index (χ0n) is 14.5. The molecule has 130 valence electrons. The van der Waals surface area contributed by atoms with Crippen LogP contribution >= 0.6 is 0 Å². The van der Waals surface area contributed by atoms with Crippen molar-refractivity contribution in [3.63, 3.8) is 0 Å². The van der Waals surface area contributed by atoms with E-state index in [1.54, 1.807) is 0 Å². The average Bonchev–Trinajstić information content (AvgIpc) is 2.68. The molecule has 0 aliphatic heterocycles. The summed E-state index contributed by atoms with van der Waals surface area (Å²) >= 11 is 0. The summed E-state index contributed by atoms with van der Waals surface area (Å²) < 4.78 is 0. The Morgan fingerprint density at radius 3 is 1.65 bits per heavy atom. The molecule has 0 spiro atoms. The summed E-state index contributed by atoms with van der Waals surface area (Å²) in [5.74, 6) is 0. The molecule has 4 aromatic rings. The Morgan fingerprint density at radius 1 is 0.654 bits per heavy atom. The van der Waals surface area contributed by atoms with Crippen molar-refractivity contribution >= 4 is 21.8 Å². The Kier molecular flexibility index (Phi) is 4.86. The van der Waals surface area contributed by atoms with Gasteiger partial charge in [0.1, 0.15) is 0 Å². The van der Waals surface area contributed by atoms with E-state index in [4.69, 9.17) is 9.97 Å². The number of aromatic nitrogens is 2. The van der Waals surface area contributed by atoms with E-state index in [0.29, 0.717) is 19.6 Å². The lowest BCUT2D eigenvalue weighted by Gasteiger charge is -2.21. The normalized spacial score (nSPS) is 11.5. The zero-order valence-corrected chi connectivity index (χ0v) is 14.5. The largest absolute Gasteiger partial charge is 0.395 e. The van der Waals surface area contributed by atoms with Gasteiger partial charge in [-0.1, -0.05) is 48.5 Å². The van der Waals surface area contributed by atoms with E-state index in [9.17, 15) is 5.11 Å². The topological polar surface area (TPSA) is 49.2 Å². The van der Waals surface area contributed by atoms with Gasteiger partial charge in [-0.25, -0.2) is 0 Å². The number of fused-ring (bicyclic) bond motifs is 2. The highest BCUT2D eigenvalue weighted by molar-refractivity contribution is 5.79. The van der Waals surface area contributed by atoms with Gasteiger partial charge >= 0.3 is 0 Å². The maximum absolute atomic E-state index is 9.45. The first-order valence-corrected chi connectivity index (χ1v) is 8.84. The molecular weight excluding hydrogens is 322 g/mol. The molecule has 4 heteroatoms. The number of hydrogen-bond donors (Lipinski definition) is 1. The molecule has 4 nitrogen and oxygen atoms in total. The van der Waals surface area contributed by atoms with E-state index in [-0.39, 0.29) is 6.61 Å². The van der Waals surface area contributed by atoms with Gasteiger partial charge < -0.3 is 5.11 Å². The van der Waals surface area contributed by atoms with Crippen LogP contribution in [0.3, 0.4) is 0 Å². The van der Waals surface area contributed by atoms with Gasteiger partial charge in [0.2, 0.25) is 0 Å². The van der Waals surface area contributed by atoms with E-state index < -0.39 is 0 Å². The number of aliphatic hydroxyl groups is 1. The first kappa shape index (κ1) is 16.6. The van der Waals surface area contributed by atoms with Crippen LogP contribution < -0.4 is 0 Å². The molecule has 0 fully saturated rings. The average molecular weight is 343 g/mol. The molecule has 0 aliphatic rings. The van der Waals surface area contributed by atoms with Gasteiger partial charge in [0.25, 0.3) is 0 Å². The quantitative estimate of drug-likeness (QED) is 0.579. The number of hydrogen-bond acceptors (Lipinski definition) is 4. The molecule has 0 atom stereocenters. The van der Waals surface area contributed by atoms with Crippen LogP contribution in [-0.2, 0) is 13.1 Å². The standard InChI is InChI=1S/C22H21N3O/c26-14-13-25(15-19-11-9-17-5-1-3-7-21(17)23-19)16-20-12-10-18-6-2-4-8-22(18)24-20/h1-12,26H,13-16H2. The molecule has 1 N–H and O–H groups in total.